The normalized spacial score (nSPS) is 11.1. The number of unbranched alkanes of at least 4 members (excludes halogenated alkanes) is 4. The molecule has 4 aromatic rings. The van der Waals surface area contributed by atoms with Crippen molar-refractivity contribution in [2.75, 3.05) is 0 Å². The average molecular weight is 398 g/mol. The van der Waals surface area contributed by atoms with Gasteiger partial charge in [-0.25, -0.2) is 0 Å². The molecule has 0 aliphatic carbocycles. The SMILES string of the molecule is CCCCCCCc1ccc(-c2ccc(C(=O)n3nnc4ccccc43)cc2)cc1. The molecule has 4 nitrogen and oxygen atoms in total. The second-order valence-electron chi connectivity index (χ2n) is 7.73. The van der Waals surface area contributed by atoms with Gasteiger partial charge >= 0.3 is 0 Å². The molecule has 152 valence electrons. The van der Waals surface area contributed by atoms with E-state index in [1.807, 2.05) is 48.5 Å². The molecule has 4 heteroatoms. The highest BCUT2D eigenvalue weighted by atomic mass is 16.2. The number of carbonyl (C=O) groups is 1. The van der Waals surface area contributed by atoms with Gasteiger partial charge in [0, 0.05) is 5.56 Å². The second-order valence-corrected chi connectivity index (χ2v) is 7.73. The lowest BCUT2D eigenvalue weighted by molar-refractivity contribution is 0.0948. The molecule has 0 saturated carbocycles. The van der Waals surface area contributed by atoms with Crippen LogP contribution in [0.2, 0.25) is 0 Å². The van der Waals surface area contributed by atoms with Crippen molar-refractivity contribution in [3.8, 4) is 11.1 Å². The standard InChI is InChI=1S/C26H27N3O/c1-2-3-4-5-6-9-20-12-14-21(15-13-20)22-16-18-23(19-17-22)26(30)29-25-11-8-7-10-24(25)27-28-29/h7-8,10-19H,2-6,9H2,1H3. The Morgan fingerprint density at radius 1 is 0.800 bits per heavy atom. The van der Waals surface area contributed by atoms with Gasteiger partial charge in [-0.15, -0.1) is 5.10 Å². The van der Waals surface area contributed by atoms with E-state index in [9.17, 15) is 4.79 Å². The lowest BCUT2D eigenvalue weighted by atomic mass is 10.00. The molecular weight excluding hydrogens is 370 g/mol. The van der Waals surface area contributed by atoms with Crippen molar-refractivity contribution >= 4 is 16.9 Å². The first-order valence-corrected chi connectivity index (χ1v) is 10.8. The molecule has 1 heterocycles. The van der Waals surface area contributed by atoms with Crippen LogP contribution in [-0.2, 0) is 6.42 Å². The molecule has 0 saturated heterocycles. The van der Waals surface area contributed by atoms with Gasteiger partial charge in [-0.2, -0.15) is 4.68 Å². The highest BCUT2D eigenvalue weighted by molar-refractivity contribution is 6.00. The Balaban J connectivity index is 1.42. The van der Waals surface area contributed by atoms with Crippen LogP contribution in [-0.4, -0.2) is 20.9 Å². The number of hydrogen-bond donors (Lipinski definition) is 0. The third-order valence-electron chi connectivity index (χ3n) is 5.53. The van der Waals surface area contributed by atoms with E-state index < -0.39 is 0 Å². The fraction of sp³-hybridized carbons (Fsp3) is 0.269. The van der Waals surface area contributed by atoms with Crippen LogP contribution in [0.25, 0.3) is 22.2 Å². The van der Waals surface area contributed by atoms with E-state index in [-0.39, 0.29) is 5.91 Å². The maximum Gasteiger partial charge on any atom is 0.280 e. The topological polar surface area (TPSA) is 47.8 Å². The van der Waals surface area contributed by atoms with E-state index in [0.717, 1.165) is 23.1 Å². The minimum absolute atomic E-state index is 0.173. The molecule has 4 rings (SSSR count). The Labute approximate surface area is 177 Å². The molecule has 30 heavy (non-hydrogen) atoms. The van der Waals surface area contributed by atoms with E-state index in [1.54, 1.807) is 0 Å². The molecule has 0 spiro atoms. The van der Waals surface area contributed by atoms with Crippen LogP contribution >= 0.6 is 0 Å². The first kappa shape index (κ1) is 20.0. The molecule has 0 aliphatic rings. The van der Waals surface area contributed by atoms with Gasteiger partial charge in [-0.05, 0) is 53.8 Å². The molecule has 0 radical (unpaired) electrons. The zero-order valence-electron chi connectivity index (χ0n) is 17.4. The summed E-state index contributed by atoms with van der Waals surface area (Å²) in [5.74, 6) is -0.173. The number of benzene rings is 3. The minimum atomic E-state index is -0.173. The fourth-order valence-corrected chi connectivity index (χ4v) is 3.74. The van der Waals surface area contributed by atoms with Gasteiger partial charge < -0.3 is 0 Å². The van der Waals surface area contributed by atoms with E-state index in [0.29, 0.717) is 11.1 Å². The summed E-state index contributed by atoms with van der Waals surface area (Å²) in [6.45, 7) is 2.25. The molecule has 0 bridgehead atoms. The monoisotopic (exact) mass is 397 g/mol. The highest BCUT2D eigenvalue weighted by Crippen LogP contribution is 2.22. The smallest absolute Gasteiger partial charge is 0.267 e. The van der Waals surface area contributed by atoms with Crippen LogP contribution in [0.5, 0.6) is 0 Å². The summed E-state index contributed by atoms with van der Waals surface area (Å²) in [5, 5.41) is 8.09. The van der Waals surface area contributed by atoms with Crippen molar-refractivity contribution in [2.24, 2.45) is 0 Å². The third-order valence-corrected chi connectivity index (χ3v) is 5.53. The second kappa shape index (κ2) is 9.49. The Morgan fingerprint density at radius 3 is 2.20 bits per heavy atom. The summed E-state index contributed by atoms with van der Waals surface area (Å²) in [5.41, 5.74) is 5.68. The van der Waals surface area contributed by atoms with E-state index >= 15 is 0 Å². The van der Waals surface area contributed by atoms with Gasteiger partial charge in [0.15, 0.2) is 0 Å². The summed E-state index contributed by atoms with van der Waals surface area (Å²) in [6, 6.07) is 23.9. The van der Waals surface area contributed by atoms with Crippen molar-refractivity contribution < 1.29 is 4.79 Å². The lowest BCUT2D eigenvalue weighted by Gasteiger charge is -2.06. The van der Waals surface area contributed by atoms with Gasteiger partial charge in [0.05, 0.1) is 5.52 Å². The molecule has 0 aliphatic heterocycles. The lowest BCUT2D eigenvalue weighted by Crippen LogP contribution is -2.13. The summed E-state index contributed by atoms with van der Waals surface area (Å²) in [7, 11) is 0. The number of aryl methyl sites for hydroxylation is 1. The molecule has 0 atom stereocenters. The van der Waals surface area contributed by atoms with Crippen LogP contribution in [0, 0.1) is 0 Å². The van der Waals surface area contributed by atoms with Crippen molar-refractivity contribution in [1.82, 2.24) is 15.0 Å². The third kappa shape index (κ3) is 4.48. The number of fused-ring (bicyclic) bond motifs is 1. The van der Waals surface area contributed by atoms with Crippen LogP contribution in [0.15, 0.2) is 72.8 Å². The van der Waals surface area contributed by atoms with E-state index in [1.165, 1.54) is 42.3 Å². The maximum absolute atomic E-state index is 12.8. The van der Waals surface area contributed by atoms with Crippen molar-refractivity contribution in [3.05, 3.63) is 83.9 Å². The zero-order valence-corrected chi connectivity index (χ0v) is 17.4. The summed E-state index contributed by atoms with van der Waals surface area (Å²) in [4.78, 5) is 12.8. The summed E-state index contributed by atoms with van der Waals surface area (Å²) < 4.78 is 1.36. The van der Waals surface area contributed by atoms with Crippen molar-refractivity contribution in [1.29, 1.82) is 0 Å². The largest absolute Gasteiger partial charge is 0.280 e. The molecule has 3 aromatic carbocycles. The van der Waals surface area contributed by atoms with Crippen LogP contribution in [0.4, 0.5) is 0 Å². The Kier molecular flexibility index (Phi) is 6.33. The van der Waals surface area contributed by atoms with Crippen LogP contribution < -0.4 is 0 Å². The van der Waals surface area contributed by atoms with Gasteiger partial charge in [0.1, 0.15) is 5.52 Å². The van der Waals surface area contributed by atoms with Gasteiger partial charge in [-0.3, -0.25) is 4.79 Å². The number of carbonyl (C=O) groups excluding carboxylic acids is 1. The predicted octanol–water partition coefficient (Wildman–Crippen LogP) is 6.30. The Hall–Kier alpha value is -3.27. The van der Waals surface area contributed by atoms with Gasteiger partial charge in [-0.1, -0.05) is 86.4 Å². The molecule has 1 aromatic heterocycles. The molecular formula is C26H27N3O. The van der Waals surface area contributed by atoms with Crippen LogP contribution in [0.1, 0.15) is 54.9 Å². The highest BCUT2D eigenvalue weighted by Gasteiger charge is 2.14. The Morgan fingerprint density at radius 2 is 1.47 bits per heavy atom. The number of nitrogens with zero attached hydrogens (tertiary/aromatic N) is 3. The summed E-state index contributed by atoms with van der Waals surface area (Å²) in [6.07, 6.45) is 7.67. The van der Waals surface area contributed by atoms with Crippen LogP contribution in [0.3, 0.4) is 0 Å². The molecule has 0 unspecified atom stereocenters. The predicted molar refractivity (Wildman–Crippen MR) is 122 cm³/mol. The molecule has 0 N–H and O–H groups in total. The average Bonchev–Trinajstić information content (AvgIpc) is 3.23. The number of aromatic nitrogens is 3. The first-order chi connectivity index (χ1) is 14.8. The minimum Gasteiger partial charge on any atom is -0.267 e. The van der Waals surface area contributed by atoms with Gasteiger partial charge in [0.25, 0.3) is 5.91 Å². The van der Waals surface area contributed by atoms with Crippen molar-refractivity contribution in [2.45, 2.75) is 45.4 Å². The van der Waals surface area contributed by atoms with Gasteiger partial charge in [0.2, 0.25) is 0 Å². The number of hydrogen-bond acceptors (Lipinski definition) is 3. The Bertz CT molecular complexity index is 1110. The first-order valence-electron chi connectivity index (χ1n) is 10.8. The van der Waals surface area contributed by atoms with E-state index in [4.69, 9.17) is 0 Å². The number of rotatable bonds is 8. The zero-order chi connectivity index (χ0) is 20.8. The quantitative estimate of drug-likeness (QED) is 0.328. The van der Waals surface area contributed by atoms with Crippen molar-refractivity contribution in [3.63, 3.8) is 0 Å². The maximum atomic E-state index is 12.8. The number of para-hydroxylation sites is 1. The fourth-order valence-electron chi connectivity index (χ4n) is 3.74. The van der Waals surface area contributed by atoms with E-state index in [2.05, 4.69) is 41.5 Å². The molecule has 0 fully saturated rings. The summed E-state index contributed by atoms with van der Waals surface area (Å²) >= 11 is 0. The molecule has 0 amide bonds.